The zero-order valence-electron chi connectivity index (χ0n) is 22.5. The van der Waals surface area contributed by atoms with Gasteiger partial charge >= 0.3 is 0 Å². The van der Waals surface area contributed by atoms with E-state index in [9.17, 15) is 15.5 Å². The fourth-order valence-electron chi connectivity index (χ4n) is 6.50. The average Bonchev–Trinajstić information content (AvgIpc) is 3.57. The summed E-state index contributed by atoms with van der Waals surface area (Å²) >= 11 is 0. The Balaban J connectivity index is 1.19. The SMILES string of the molecule is C[C@@]12CC[C@@](CCOc3cccc(Oc4ccccc4)c3)(O1)c1c2c(O)n(-c2ccc(C#N)c3ccccc23)c1O. The van der Waals surface area contributed by atoms with Crippen molar-refractivity contribution >= 4 is 10.8 Å². The van der Waals surface area contributed by atoms with Gasteiger partial charge in [0.25, 0.3) is 0 Å². The molecule has 5 aromatic rings. The first kappa shape index (κ1) is 25.1. The van der Waals surface area contributed by atoms with Crippen molar-refractivity contribution in [1.29, 1.82) is 5.26 Å². The molecule has 3 heterocycles. The number of fused-ring (bicyclic) bond motifs is 6. The monoisotopic (exact) mass is 544 g/mol. The predicted molar refractivity (Wildman–Crippen MR) is 154 cm³/mol. The van der Waals surface area contributed by atoms with Crippen LogP contribution in [0.2, 0.25) is 0 Å². The Bertz CT molecular complexity index is 1840. The van der Waals surface area contributed by atoms with Crippen molar-refractivity contribution in [3.8, 4) is 40.8 Å². The van der Waals surface area contributed by atoms with E-state index < -0.39 is 11.2 Å². The number of nitriles is 1. The van der Waals surface area contributed by atoms with Gasteiger partial charge in [-0.1, -0.05) is 48.5 Å². The molecule has 0 amide bonds. The van der Waals surface area contributed by atoms with Crippen molar-refractivity contribution in [3.63, 3.8) is 0 Å². The molecule has 2 bridgehead atoms. The van der Waals surface area contributed by atoms with Gasteiger partial charge in [-0.3, -0.25) is 4.57 Å². The lowest BCUT2D eigenvalue weighted by atomic mass is 9.78. The Hall–Kier alpha value is -4.93. The molecular weight excluding hydrogens is 516 g/mol. The normalized spacial score (nSPS) is 20.6. The lowest BCUT2D eigenvalue weighted by Crippen LogP contribution is -2.25. The molecule has 1 aromatic heterocycles. The van der Waals surface area contributed by atoms with E-state index in [4.69, 9.17) is 14.2 Å². The van der Waals surface area contributed by atoms with Crippen molar-refractivity contribution in [2.45, 2.75) is 37.4 Å². The number of ether oxygens (including phenoxy) is 3. The van der Waals surface area contributed by atoms with Crippen LogP contribution in [0.15, 0.2) is 91.0 Å². The molecule has 0 unspecified atom stereocenters. The summed E-state index contributed by atoms with van der Waals surface area (Å²) in [5.74, 6) is 2.00. The Morgan fingerprint density at radius 3 is 2.34 bits per heavy atom. The molecular formula is C34H28N2O5. The Kier molecular flexibility index (Phi) is 5.70. The number of rotatable bonds is 7. The first-order valence-electron chi connectivity index (χ1n) is 13.7. The number of para-hydroxylation sites is 1. The first-order chi connectivity index (χ1) is 19.9. The van der Waals surface area contributed by atoms with E-state index >= 15 is 0 Å². The summed E-state index contributed by atoms with van der Waals surface area (Å²) in [6, 6.07) is 30.3. The van der Waals surface area contributed by atoms with Crippen LogP contribution in [0.3, 0.4) is 0 Å². The summed E-state index contributed by atoms with van der Waals surface area (Å²) in [6.45, 7) is 2.31. The molecule has 0 aliphatic carbocycles. The smallest absolute Gasteiger partial charge is 0.205 e. The van der Waals surface area contributed by atoms with Gasteiger partial charge in [0.15, 0.2) is 0 Å². The molecule has 0 spiro atoms. The van der Waals surface area contributed by atoms with Gasteiger partial charge < -0.3 is 24.4 Å². The topological polar surface area (TPSA) is 96.9 Å². The van der Waals surface area contributed by atoms with Crippen LogP contribution in [-0.2, 0) is 15.9 Å². The summed E-state index contributed by atoms with van der Waals surface area (Å²) in [7, 11) is 0. The average molecular weight is 545 g/mol. The number of nitrogens with zero attached hydrogens (tertiary/aromatic N) is 2. The van der Waals surface area contributed by atoms with E-state index in [1.807, 2.05) is 85.8 Å². The molecule has 2 atom stereocenters. The van der Waals surface area contributed by atoms with Crippen molar-refractivity contribution < 1.29 is 24.4 Å². The Labute approximate surface area is 237 Å². The first-order valence-corrected chi connectivity index (χ1v) is 13.7. The molecule has 2 N–H and O–H groups in total. The minimum atomic E-state index is -0.794. The molecule has 0 radical (unpaired) electrons. The van der Waals surface area contributed by atoms with Crippen LogP contribution >= 0.6 is 0 Å². The summed E-state index contributed by atoms with van der Waals surface area (Å²) in [6.07, 6.45) is 1.90. The third-order valence-electron chi connectivity index (χ3n) is 8.35. The van der Waals surface area contributed by atoms with E-state index in [1.54, 1.807) is 12.1 Å². The number of benzene rings is 4. The van der Waals surface area contributed by atoms with E-state index in [0.29, 0.717) is 59.7 Å². The van der Waals surface area contributed by atoms with Crippen molar-refractivity contribution in [3.05, 3.63) is 108 Å². The van der Waals surface area contributed by atoms with Gasteiger partial charge in [-0.25, -0.2) is 0 Å². The van der Waals surface area contributed by atoms with Crippen molar-refractivity contribution in [1.82, 2.24) is 4.57 Å². The minimum absolute atomic E-state index is 0.0388. The minimum Gasteiger partial charge on any atom is -0.494 e. The van der Waals surface area contributed by atoms with Gasteiger partial charge in [-0.15, -0.1) is 0 Å². The second kappa shape index (κ2) is 9.33. The molecule has 2 aliphatic rings. The number of hydrogen-bond acceptors (Lipinski definition) is 6. The third kappa shape index (κ3) is 3.91. The highest BCUT2D eigenvalue weighted by atomic mass is 16.5. The number of aromatic nitrogens is 1. The maximum absolute atomic E-state index is 11.7. The van der Waals surface area contributed by atoms with E-state index in [2.05, 4.69) is 6.07 Å². The van der Waals surface area contributed by atoms with Crippen LogP contribution in [0.25, 0.3) is 16.5 Å². The quantitative estimate of drug-likeness (QED) is 0.221. The van der Waals surface area contributed by atoms with E-state index in [0.717, 1.165) is 16.5 Å². The maximum Gasteiger partial charge on any atom is 0.205 e. The fourth-order valence-corrected chi connectivity index (χ4v) is 6.50. The van der Waals surface area contributed by atoms with Gasteiger partial charge in [0.05, 0.1) is 40.7 Å². The standard InChI is InChI=1S/C34H28N2O5/c1-33-16-17-34(41-33,18-19-39-24-10-7-11-25(20-24)40-23-8-3-2-4-9-23)30-29(33)31(37)36(32(30)38)28-15-14-22(21-35)26-12-5-6-13-27(26)28/h2-15,20,37-38H,16-19H2,1H3/t33-,34-/m0/s1. The second-order valence-electron chi connectivity index (χ2n) is 10.8. The fraction of sp³-hybridized carbons (Fsp3) is 0.206. The molecule has 4 aromatic carbocycles. The lowest BCUT2D eigenvalue weighted by Gasteiger charge is -2.26. The second-order valence-corrected chi connectivity index (χ2v) is 10.8. The highest BCUT2D eigenvalue weighted by Gasteiger charge is 2.61. The molecule has 1 saturated heterocycles. The molecule has 7 rings (SSSR count). The summed E-state index contributed by atoms with van der Waals surface area (Å²) in [5.41, 5.74) is 0.847. The molecule has 1 fully saturated rings. The van der Waals surface area contributed by atoms with Gasteiger partial charge in [-0.05, 0) is 56.2 Å². The Morgan fingerprint density at radius 1 is 0.829 bits per heavy atom. The number of aromatic hydroxyl groups is 2. The van der Waals surface area contributed by atoms with Crippen molar-refractivity contribution in [2.24, 2.45) is 0 Å². The molecule has 41 heavy (non-hydrogen) atoms. The van der Waals surface area contributed by atoms with Crippen LogP contribution in [0.5, 0.6) is 29.0 Å². The van der Waals surface area contributed by atoms with Crippen LogP contribution < -0.4 is 9.47 Å². The largest absolute Gasteiger partial charge is 0.494 e. The summed E-state index contributed by atoms with van der Waals surface area (Å²) < 4.78 is 20.2. The van der Waals surface area contributed by atoms with Crippen molar-refractivity contribution in [2.75, 3.05) is 6.61 Å². The van der Waals surface area contributed by atoms with Gasteiger partial charge in [0.1, 0.15) is 22.8 Å². The summed E-state index contributed by atoms with van der Waals surface area (Å²) in [4.78, 5) is 0. The highest BCUT2D eigenvalue weighted by molar-refractivity contribution is 5.95. The molecule has 204 valence electrons. The predicted octanol–water partition coefficient (Wildman–Crippen LogP) is 7.41. The van der Waals surface area contributed by atoms with E-state index in [-0.39, 0.29) is 11.8 Å². The highest BCUT2D eigenvalue weighted by Crippen LogP contribution is 2.65. The van der Waals surface area contributed by atoms with Crippen LogP contribution in [-0.4, -0.2) is 21.4 Å². The molecule has 7 heteroatoms. The van der Waals surface area contributed by atoms with Crippen LogP contribution in [0.4, 0.5) is 0 Å². The summed E-state index contributed by atoms with van der Waals surface area (Å²) in [5, 5.41) is 34.3. The van der Waals surface area contributed by atoms with Crippen LogP contribution in [0, 0.1) is 11.3 Å². The number of hydrogen-bond donors (Lipinski definition) is 2. The van der Waals surface area contributed by atoms with E-state index in [1.165, 1.54) is 4.57 Å². The Morgan fingerprint density at radius 2 is 1.54 bits per heavy atom. The van der Waals surface area contributed by atoms with Gasteiger partial charge in [0.2, 0.25) is 11.8 Å². The molecule has 0 saturated carbocycles. The van der Waals surface area contributed by atoms with Gasteiger partial charge in [0, 0.05) is 23.3 Å². The van der Waals surface area contributed by atoms with Crippen LogP contribution in [0.1, 0.15) is 42.9 Å². The zero-order chi connectivity index (χ0) is 28.2. The molecule has 7 nitrogen and oxygen atoms in total. The molecule has 2 aliphatic heterocycles. The third-order valence-corrected chi connectivity index (χ3v) is 8.35. The lowest BCUT2D eigenvalue weighted by molar-refractivity contribution is -0.0876. The maximum atomic E-state index is 11.7. The van der Waals surface area contributed by atoms with Gasteiger partial charge in [-0.2, -0.15) is 5.26 Å². The zero-order valence-corrected chi connectivity index (χ0v) is 22.5.